The van der Waals surface area contributed by atoms with Crippen molar-refractivity contribution in [3.63, 3.8) is 0 Å². The van der Waals surface area contributed by atoms with E-state index in [1.54, 1.807) is 37.4 Å². The van der Waals surface area contributed by atoms with Crippen molar-refractivity contribution < 1.29 is 9.53 Å². The summed E-state index contributed by atoms with van der Waals surface area (Å²) in [5.74, 6) is 0.356. The lowest BCUT2D eigenvalue weighted by atomic mass is 9.98. The highest BCUT2D eigenvalue weighted by Crippen LogP contribution is 2.23. The van der Waals surface area contributed by atoms with E-state index in [0.717, 1.165) is 17.0 Å². The van der Waals surface area contributed by atoms with Gasteiger partial charge in [-0.15, -0.1) is 0 Å². The molecule has 0 aliphatic heterocycles. The molecule has 104 valence electrons. The molecular weight excluding hydrogens is 252 g/mol. The number of carbonyl (C=O) groups excluding carboxylic acids is 1. The van der Waals surface area contributed by atoms with Crippen LogP contribution in [0.25, 0.3) is 0 Å². The highest BCUT2D eigenvalue weighted by atomic mass is 16.5. The number of amides is 1. The minimum absolute atomic E-state index is 0.0898. The van der Waals surface area contributed by atoms with E-state index in [1.807, 2.05) is 25.1 Å². The van der Waals surface area contributed by atoms with Gasteiger partial charge in [0.25, 0.3) is 0 Å². The van der Waals surface area contributed by atoms with Gasteiger partial charge in [0, 0.05) is 11.4 Å². The van der Waals surface area contributed by atoms with Gasteiger partial charge in [-0.1, -0.05) is 18.2 Å². The molecule has 0 aliphatic carbocycles. The minimum atomic E-state index is -0.307. The molecule has 0 radical (unpaired) electrons. The summed E-state index contributed by atoms with van der Waals surface area (Å²) < 4.78 is 5.08. The number of rotatable bonds is 4. The molecule has 0 aromatic heterocycles. The molecule has 4 heteroatoms. The van der Waals surface area contributed by atoms with Crippen LogP contribution < -0.4 is 15.8 Å². The molecule has 20 heavy (non-hydrogen) atoms. The Bertz CT molecular complexity index is 594. The van der Waals surface area contributed by atoms with Gasteiger partial charge in [-0.05, 0) is 42.8 Å². The molecule has 0 bridgehead atoms. The number of nitrogen functional groups attached to an aromatic ring is 1. The van der Waals surface area contributed by atoms with Crippen LogP contribution in [0.4, 0.5) is 11.4 Å². The van der Waals surface area contributed by atoms with E-state index in [2.05, 4.69) is 5.32 Å². The molecular formula is C16H18N2O2. The first-order valence-corrected chi connectivity index (χ1v) is 6.41. The lowest BCUT2D eigenvalue weighted by Crippen LogP contribution is -2.19. The number of para-hydroxylation sites is 1. The minimum Gasteiger partial charge on any atom is -0.497 e. The molecule has 1 amide bonds. The standard InChI is InChI=1S/C16H18N2O2/c1-11(14-5-3-4-6-15(14)17)16(19)18-12-7-9-13(20-2)10-8-12/h3-11H,17H2,1-2H3,(H,18,19)/t11-/m1/s1. The summed E-state index contributed by atoms with van der Waals surface area (Å²) in [6.07, 6.45) is 0. The zero-order valence-corrected chi connectivity index (χ0v) is 11.6. The van der Waals surface area contributed by atoms with E-state index >= 15 is 0 Å². The molecule has 2 rings (SSSR count). The van der Waals surface area contributed by atoms with E-state index < -0.39 is 0 Å². The van der Waals surface area contributed by atoms with E-state index in [4.69, 9.17) is 10.5 Å². The van der Waals surface area contributed by atoms with Crippen LogP contribution in [0.3, 0.4) is 0 Å². The largest absolute Gasteiger partial charge is 0.497 e. The Balaban J connectivity index is 2.09. The van der Waals surface area contributed by atoms with Crippen LogP contribution >= 0.6 is 0 Å². The Kier molecular flexibility index (Phi) is 4.25. The fourth-order valence-corrected chi connectivity index (χ4v) is 1.97. The summed E-state index contributed by atoms with van der Waals surface area (Å²) in [4.78, 5) is 12.2. The van der Waals surface area contributed by atoms with Gasteiger partial charge in [-0.3, -0.25) is 4.79 Å². The summed E-state index contributed by atoms with van der Waals surface area (Å²) in [5.41, 5.74) is 8.09. The number of nitrogens with two attached hydrogens (primary N) is 1. The van der Waals surface area contributed by atoms with Crippen molar-refractivity contribution in [2.75, 3.05) is 18.2 Å². The number of anilines is 2. The maximum atomic E-state index is 12.2. The number of methoxy groups -OCH3 is 1. The van der Waals surface area contributed by atoms with Gasteiger partial charge in [0.2, 0.25) is 5.91 Å². The molecule has 3 N–H and O–H groups in total. The second-order valence-electron chi connectivity index (χ2n) is 4.57. The molecule has 0 unspecified atom stereocenters. The summed E-state index contributed by atoms with van der Waals surface area (Å²) in [6, 6.07) is 14.6. The highest BCUT2D eigenvalue weighted by molar-refractivity contribution is 5.96. The second kappa shape index (κ2) is 6.10. The Hall–Kier alpha value is -2.49. The molecule has 4 nitrogen and oxygen atoms in total. The van der Waals surface area contributed by atoms with Gasteiger partial charge >= 0.3 is 0 Å². The maximum absolute atomic E-state index is 12.2. The Morgan fingerprint density at radius 2 is 1.80 bits per heavy atom. The molecule has 1 atom stereocenters. The quantitative estimate of drug-likeness (QED) is 0.839. The van der Waals surface area contributed by atoms with E-state index in [0.29, 0.717) is 5.69 Å². The number of benzene rings is 2. The van der Waals surface area contributed by atoms with Crippen molar-refractivity contribution in [3.05, 3.63) is 54.1 Å². The monoisotopic (exact) mass is 270 g/mol. The Morgan fingerprint density at radius 1 is 1.15 bits per heavy atom. The van der Waals surface area contributed by atoms with Gasteiger partial charge < -0.3 is 15.8 Å². The number of ether oxygens (including phenoxy) is 1. The number of hydrogen-bond acceptors (Lipinski definition) is 3. The summed E-state index contributed by atoms with van der Waals surface area (Å²) >= 11 is 0. The second-order valence-corrected chi connectivity index (χ2v) is 4.57. The first-order chi connectivity index (χ1) is 9.61. The zero-order chi connectivity index (χ0) is 14.5. The smallest absolute Gasteiger partial charge is 0.231 e. The molecule has 0 saturated heterocycles. The lowest BCUT2D eigenvalue weighted by molar-refractivity contribution is -0.117. The first kappa shape index (κ1) is 13.9. The normalized spacial score (nSPS) is 11.7. The maximum Gasteiger partial charge on any atom is 0.231 e. The van der Waals surface area contributed by atoms with Gasteiger partial charge in [-0.25, -0.2) is 0 Å². The predicted molar refractivity (Wildman–Crippen MR) is 80.9 cm³/mol. The fourth-order valence-electron chi connectivity index (χ4n) is 1.97. The highest BCUT2D eigenvalue weighted by Gasteiger charge is 2.17. The molecule has 0 saturated carbocycles. The Morgan fingerprint density at radius 3 is 2.40 bits per heavy atom. The van der Waals surface area contributed by atoms with Gasteiger partial charge in [0.1, 0.15) is 5.75 Å². The van der Waals surface area contributed by atoms with Crippen molar-refractivity contribution in [1.29, 1.82) is 0 Å². The third kappa shape index (κ3) is 3.09. The van der Waals surface area contributed by atoms with Gasteiger partial charge in [-0.2, -0.15) is 0 Å². The molecule has 0 spiro atoms. The van der Waals surface area contributed by atoms with Crippen LogP contribution in [-0.4, -0.2) is 13.0 Å². The molecule has 2 aromatic carbocycles. The molecule has 0 heterocycles. The van der Waals surface area contributed by atoms with E-state index in [1.165, 1.54) is 0 Å². The van der Waals surface area contributed by atoms with Crippen LogP contribution in [0.5, 0.6) is 5.75 Å². The number of nitrogens with one attached hydrogen (secondary N) is 1. The first-order valence-electron chi connectivity index (χ1n) is 6.41. The van der Waals surface area contributed by atoms with Crippen LogP contribution in [0.15, 0.2) is 48.5 Å². The summed E-state index contributed by atoms with van der Waals surface area (Å²) in [5, 5.41) is 2.87. The van der Waals surface area contributed by atoms with Gasteiger partial charge in [0.15, 0.2) is 0 Å². The summed E-state index contributed by atoms with van der Waals surface area (Å²) in [7, 11) is 1.61. The molecule has 2 aromatic rings. The lowest BCUT2D eigenvalue weighted by Gasteiger charge is -2.14. The third-order valence-corrected chi connectivity index (χ3v) is 3.21. The number of hydrogen-bond donors (Lipinski definition) is 2. The van der Waals surface area contributed by atoms with Crippen LogP contribution in [0, 0.1) is 0 Å². The Labute approximate surface area is 118 Å². The predicted octanol–water partition coefficient (Wildman–Crippen LogP) is 3.02. The van der Waals surface area contributed by atoms with Crippen molar-refractivity contribution in [1.82, 2.24) is 0 Å². The van der Waals surface area contributed by atoms with E-state index in [-0.39, 0.29) is 11.8 Å². The third-order valence-electron chi connectivity index (χ3n) is 3.21. The fraction of sp³-hybridized carbons (Fsp3) is 0.188. The van der Waals surface area contributed by atoms with Crippen molar-refractivity contribution in [3.8, 4) is 5.75 Å². The average molecular weight is 270 g/mol. The van der Waals surface area contributed by atoms with Crippen LogP contribution in [0.1, 0.15) is 18.4 Å². The molecule has 0 aliphatic rings. The number of carbonyl (C=O) groups is 1. The van der Waals surface area contributed by atoms with Crippen molar-refractivity contribution in [2.24, 2.45) is 0 Å². The average Bonchev–Trinajstić information content (AvgIpc) is 2.48. The van der Waals surface area contributed by atoms with Crippen molar-refractivity contribution in [2.45, 2.75) is 12.8 Å². The SMILES string of the molecule is COc1ccc(NC(=O)[C@H](C)c2ccccc2N)cc1. The topological polar surface area (TPSA) is 64.3 Å². The molecule has 0 fully saturated rings. The van der Waals surface area contributed by atoms with Crippen LogP contribution in [-0.2, 0) is 4.79 Å². The van der Waals surface area contributed by atoms with E-state index in [9.17, 15) is 4.79 Å². The van der Waals surface area contributed by atoms with Gasteiger partial charge in [0.05, 0.1) is 13.0 Å². The van der Waals surface area contributed by atoms with Crippen LogP contribution in [0.2, 0.25) is 0 Å². The zero-order valence-electron chi connectivity index (χ0n) is 11.6. The summed E-state index contributed by atoms with van der Waals surface area (Å²) in [6.45, 7) is 1.84. The van der Waals surface area contributed by atoms with Crippen molar-refractivity contribution >= 4 is 17.3 Å².